The highest BCUT2D eigenvalue weighted by Crippen LogP contribution is 2.33. The van der Waals surface area contributed by atoms with Crippen LogP contribution in [-0.2, 0) is 17.6 Å². The first-order valence-electron chi connectivity index (χ1n) is 11.9. The molecule has 3 rings (SSSR count). The van der Waals surface area contributed by atoms with Crippen LogP contribution in [0.1, 0.15) is 24.0 Å². The molecule has 2 aromatic carbocycles. The van der Waals surface area contributed by atoms with E-state index in [2.05, 4.69) is 55.8 Å². The topological polar surface area (TPSA) is 71.3 Å². The number of ether oxygens (including phenoxy) is 2. The minimum atomic E-state index is 0.182. The summed E-state index contributed by atoms with van der Waals surface area (Å²) in [6.45, 7) is 4.42. The first-order valence-corrected chi connectivity index (χ1v) is 13.5. The first-order chi connectivity index (χ1) is 16.7. The summed E-state index contributed by atoms with van der Waals surface area (Å²) in [5, 5.41) is 0. The highest BCUT2D eigenvalue weighted by atomic mass is 79.9. The van der Waals surface area contributed by atoms with Crippen molar-refractivity contribution in [3.63, 3.8) is 0 Å². The molecule has 0 aromatic heterocycles. The summed E-state index contributed by atoms with van der Waals surface area (Å²) in [6, 6.07) is 8.05. The minimum Gasteiger partial charge on any atom is -0.493 e. The number of rotatable bonds is 11. The quantitative estimate of drug-likeness (QED) is 0.375. The largest absolute Gasteiger partial charge is 0.493 e. The molecule has 1 heterocycles. The van der Waals surface area contributed by atoms with E-state index in [1.807, 2.05) is 29.2 Å². The molecule has 1 aliphatic rings. The smallest absolute Gasteiger partial charge is 0.227 e. The van der Waals surface area contributed by atoms with Crippen molar-refractivity contribution in [2.24, 2.45) is 0 Å². The van der Waals surface area contributed by atoms with Crippen molar-refractivity contribution in [3.05, 3.63) is 44.3 Å². The van der Waals surface area contributed by atoms with E-state index in [0.717, 1.165) is 77.9 Å². The van der Waals surface area contributed by atoms with E-state index in [1.54, 1.807) is 14.2 Å². The Kier molecular flexibility index (Phi) is 10.1. The number of nitrogen functional groups attached to an aromatic ring is 1. The maximum Gasteiger partial charge on any atom is 0.227 e. The molecular weight excluding hydrogens is 576 g/mol. The molecule has 0 bridgehead atoms. The summed E-state index contributed by atoms with van der Waals surface area (Å²) in [4.78, 5) is 19.5. The number of fused-ring (bicyclic) bond motifs is 1. The maximum absolute atomic E-state index is 12.9. The van der Waals surface area contributed by atoms with E-state index in [0.29, 0.717) is 17.9 Å². The highest BCUT2D eigenvalue weighted by molar-refractivity contribution is 9.11. The molecule has 0 aliphatic carbocycles. The van der Waals surface area contributed by atoms with Gasteiger partial charge in [-0.15, -0.1) is 0 Å². The van der Waals surface area contributed by atoms with Gasteiger partial charge in [-0.2, -0.15) is 0 Å². The summed E-state index contributed by atoms with van der Waals surface area (Å²) in [5.41, 5.74) is 10.0. The van der Waals surface area contributed by atoms with Crippen LogP contribution in [0, 0.1) is 0 Å². The van der Waals surface area contributed by atoms with Crippen molar-refractivity contribution in [1.82, 2.24) is 9.80 Å². The number of hydrogen-bond donors (Lipinski definition) is 1. The number of nitrogens with zero attached hydrogens (tertiary/aromatic N) is 3. The van der Waals surface area contributed by atoms with Gasteiger partial charge in [-0.3, -0.25) is 4.79 Å². The van der Waals surface area contributed by atoms with Crippen LogP contribution in [0.15, 0.2) is 33.2 Å². The lowest BCUT2D eigenvalue weighted by atomic mass is 10.0. The Morgan fingerprint density at radius 3 is 2.17 bits per heavy atom. The van der Waals surface area contributed by atoms with Crippen molar-refractivity contribution in [3.8, 4) is 11.5 Å². The van der Waals surface area contributed by atoms with Gasteiger partial charge in [0.05, 0.1) is 26.3 Å². The number of halogens is 2. The van der Waals surface area contributed by atoms with Gasteiger partial charge in [0.1, 0.15) is 0 Å². The minimum absolute atomic E-state index is 0.182. The molecule has 0 fully saturated rings. The lowest BCUT2D eigenvalue weighted by Crippen LogP contribution is -2.35. The van der Waals surface area contributed by atoms with Crippen LogP contribution in [0.3, 0.4) is 0 Å². The molecule has 0 radical (unpaired) electrons. The summed E-state index contributed by atoms with van der Waals surface area (Å²) in [5.74, 6) is 1.58. The lowest BCUT2D eigenvalue weighted by molar-refractivity contribution is -0.130. The lowest BCUT2D eigenvalue weighted by Gasteiger charge is -2.24. The normalized spacial score (nSPS) is 13.6. The summed E-state index contributed by atoms with van der Waals surface area (Å²) >= 11 is 7.04. The summed E-state index contributed by atoms with van der Waals surface area (Å²) in [6.07, 6.45) is 3.25. The number of amides is 1. The second kappa shape index (κ2) is 12.8. The fourth-order valence-electron chi connectivity index (χ4n) is 4.39. The molecule has 0 unspecified atom stereocenters. The highest BCUT2D eigenvalue weighted by Gasteiger charge is 2.22. The molecule has 0 saturated carbocycles. The summed E-state index contributed by atoms with van der Waals surface area (Å²) in [7, 11) is 7.51. The van der Waals surface area contributed by atoms with Crippen molar-refractivity contribution in [1.29, 1.82) is 0 Å². The van der Waals surface area contributed by atoms with E-state index in [9.17, 15) is 4.79 Å². The van der Waals surface area contributed by atoms with Crippen LogP contribution in [0.5, 0.6) is 11.5 Å². The van der Waals surface area contributed by atoms with Gasteiger partial charge in [0, 0.05) is 41.3 Å². The number of anilines is 2. The molecule has 35 heavy (non-hydrogen) atoms. The number of carbonyl (C=O) groups is 1. The number of methoxy groups -OCH3 is 2. The molecular formula is C26H36Br2N4O3. The third kappa shape index (κ3) is 7.27. The molecule has 0 saturated heterocycles. The average molecular weight is 612 g/mol. The predicted molar refractivity (Wildman–Crippen MR) is 150 cm³/mol. The second-order valence-electron chi connectivity index (χ2n) is 9.04. The fraction of sp³-hybridized carbons (Fsp3) is 0.500. The van der Waals surface area contributed by atoms with Crippen LogP contribution >= 0.6 is 31.9 Å². The van der Waals surface area contributed by atoms with E-state index in [-0.39, 0.29) is 5.91 Å². The zero-order chi connectivity index (χ0) is 25.5. The summed E-state index contributed by atoms with van der Waals surface area (Å²) < 4.78 is 12.6. The predicted octanol–water partition coefficient (Wildman–Crippen LogP) is 4.59. The van der Waals surface area contributed by atoms with Gasteiger partial charge in [0.15, 0.2) is 11.5 Å². The second-order valence-corrected chi connectivity index (χ2v) is 10.7. The van der Waals surface area contributed by atoms with Gasteiger partial charge in [-0.05, 0) is 107 Å². The Labute approximate surface area is 225 Å². The average Bonchev–Trinajstić information content (AvgIpc) is 2.98. The standard InChI is InChI=1S/C26H36Br2N4O3/c1-30(8-5-10-31(2)20-16-21(27)26(29)22(28)17-20)9-6-11-32-12-7-18-13-23(34-3)24(35-4)14-19(18)15-25(32)33/h13-14,16-17H,5-12,15,29H2,1-4H3. The molecule has 1 aliphatic heterocycles. The number of nitrogens with two attached hydrogens (primary N) is 1. The molecule has 9 heteroatoms. The Bertz CT molecular complexity index is 1010. The van der Waals surface area contributed by atoms with Crippen LogP contribution in [0.25, 0.3) is 0 Å². The molecule has 192 valence electrons. The van der Waals surface area contributed by atoms with Gasteiger partial charge >= 0.3 is 0 Å². The van der Waals surface area contributed by atoms with Gasteiger partial charge in [-0.1, -0.05) is 0 Å². The molecule has 2 aromatic rings. The molecule has 0 spiro atoms. The Morgan fingerprint density at radius 2 is 1.54 bits per heavy atom. The number of benzene rings is 2. The molecule has 0 atom stereocenters. The van der Waals surface area contributed by atoms with Gasteiger partial charge in [0.25, 0.3) is 0 Å². The van der Waals surface area contributed by atoms with E-state index in [4.69, 9.17) is 15.2 Å². The van der Waals surface area contributed by atoms with Crippen molar-refractivity contribution < 1.29 is 14.3 Å². The maximum atomic E-state index is 12.9. The third-order valence-electron chi connectivity index (χ3n) is 6.56. The Morgan fingerprint density at radius 1 is 0.943 bits per heavy atom. The monoisotopic (exact) mass is 610 g/mol. The van der Waals surface area contributed by atoms with Gasteiger partial charge in [0.2, 0.25) is 5.91 Å². The Hall–Kier alpha value is -1.97. The van der Waals surface area contributed by atoms with E-state index >= 15 is 0 Å². The van der Waals surface area contributed by atoms with Gasteiger partial charge in [-0.25, -0.2) is 0 Å². The molecule has 1 amide bonds. The van der Waals surface area contributed by atoms with E-state index in [1.165, 1.54) is 5.56 Å². The fourth-order valence-corrected chi connectivity index (χ4v) is 5.56. The van der Waals surface area contributed by atoms with Crippen molar-refractivity contribution in [2.75, 3.05) is 71.7 Å². The van der Waals surface area contributed by atoms with E-state index < -0.39 is 0 Å². The van der Waals surface area contributed by atoms with Crippen molar-refractivity contribution in [2.45, 2.75) is 25.7 Å². The van der Waals surface area contributed by atoms with Crippen LogP contribution in [0.4, 0.5) is 11.4 Å². The zero-order valence-electron chi connectivity index (χ0n) is 21.1. The number of hydrogen-bond acceptors (Lipinski definition) is 6. The molecule has 7 nitrogen and oxygen atoms in total. The third-order valence-corrected chi connectivity index (χ3v) is 7.87. The van der Waals surface area contributed by atoms with Gasteiger partial charge < -0.3 is 29.9 Å². The van der Waals surface area contributed by atoms with Crippen LogP contribution < -0.4 is 20.1 Å². The SMILES string of the molecule is COc1cc2c(cc1OC)CC(=O)N(CCCN(C)CCCN(C)c1cc(Br)c(N)c(Br)c1)CC2. The number of carbonyl (C=O) groups excluding carboxylic acids is 1. The van der Waals surface area contributed by atoms with Crippen LogP contribution in [0.2, 0.25) is 0 Å². The van der Waals surface area contributed by atoms with Crippen LogP contribution in [-0.4, -0.2) is 76.7 Å². The first kappa shape index (κ1) is 27.6. The molecule has 2 N–H and O–H groups in total. The van der Waals surface area contributed by atoms with Crippen molar-refractivity contribution >= 4 is 49.1 Å². The zero-order valence-corrected chi connectivity index (χ0v) is 24.2. The Balaban J connectivity index is 1.42.